The molecule has 0 amide bonds. The lowest BCUT2D eigenvalue weighted by atomic mass is 9.49. The Morgan fingerprint density at radius 3 is 1.21 bits per heavy atom. The maximum atomic E-state index is 2.63. The minimum Gasteiger partial charge on any atom is -0.0616 e. The SMILES string of the molecule is CC(C)(C)C1(C(C)(C)C)c2cc(-c3cccc(-c4c5ccccc5c(-c5cc6ccccc6c6ccccc56)c5ccccc45)c3)c3ccccc3c2-c2c1c1ccccc1c1ccccc21. The smallest absolute Gasteiger partial charge is 0.0318 e. The van der Waals surface area contributed by atoms with Gasteiger partial charge in [0.25, 0.3) is 0 Å². The van der Waals surface area contributed by atoms with Crippen LogP contribution in [0.2, 0.25) is 0 Å². The summed E-state index contributed by atoms with van der Waals surface area (Å²) in [5.41, 5.74) is 12.7. The Kier molecular flexibility index (Phi) is 8.45. The molecule has 13 rings (SSSR count). The van der Waals surface area contributed by atoms with E-state index in [0.29, 0.717) is 0 Å². The van der Waals surface area contributed by atoms with Gasteiger partial charge < -0.3 is 0 Å². The second-order valence-corrected chi connectivity index (χ2v) is 21.1. The molecule has 1 aliphatic carbocycles. The number of benzene rings is 12. The second kappa shape index (κ2) is 14.2. The molecule has 0 heterocycles. The quantitative estimate of drug-likeness (QED) is 0.123. The van der Waals surface area contributed by atoms with E-state index < -0.39 is 0 Å². The van der Waals surface area contributed by atoms with E-state index >= 15 is 0 Å². The summed E-state index contributed by atoms with van der Waals surface area (Å²) in [7, 11) is 0. The van der Waals surface area contributed by atoms with Gasteiger partial charge in [-0.15, -0.1) is 0 Å². The summed E-state index contributed by atoms with van der Waals surface area (Å²) in [6.07, 6.45) is 0. The van der Waals surface area contributed by atoms with Crippen LogP contribution in [0.3, 0.4) is 0 Å². The lowest BCUT2D eigenvalue weighted by Crippen LogP contribution is -2.50. The van der Waals surface area contributed by atoms with Crippen molar-refractivity contribution in [2.24, 2.45) is 10.8 Å². The van der Waals surface area contributed by atoms with Crippen LogP contribution in [0.4, 0.5) is 0 Å². The van der Waals surface area contributed by atoms with Crippen molar-refractivity contribution in [3.05, 3.63) is 217 Å². The molecule has 0 bridgehead atoms. The predicted octanol–water partition coefficient (Wildman–Crippen LogP) is 19.1. The summed E-state index contributed by atoms with van der Waals surface area (Å²) in [6.45, 7) is 14.9. The standard InChI is InChI=1S/C67H52/c1-65(2,3)67(66(4,5)6)59-40-57(49-30-12-14-31-50(49)62(59)63-51-32-15-11-27-46(51)47-28-13-20-37-56(47)64(63)67)41-23-21-24-43(38-41)60-52-33-16-18-35-54(52)61(55-36-19-17-34-53(55)60)58-39-42-22-7-8-25-44(42)45-26-9-10-29-48(45)58/h7-40H,1-6H3. The van der Waals surface area contributed by atoms with Crippen LogP contribution in [0.25, 0.3) is 120 Å². The van der Waals surface area contributed by atoms with Crippen LogP contribution in [-0.2, 0) is 5.41 Å². The highest BCUT2D eigenvalue weighted by Crippen LogP contribution is 2.68. The van der Waals surface area contributed by atoms with Crippen LogP contribution in [0.5, 0.6) is 0 Å². The lowest BCUT2D eigenvalue weighted by Gasteiger charge is -2.53. The number of hydrogen-bond donors (Lipinski definition) is 0. The fraction of sp³-hybridized carbons (Fsp3) is 0.134. The van der Waals surface area contributed by atoms with E-state index in [9.17, 15) is 0 Å². The van der Waals surface area contributed by atoms with E-state index in [-0.39, 0.29) is 16.2 Å². The minimum absolute atomic E-state index is 0.145. The molecule has 0 unspecified atom stereocenters. The molecule has 0 aromatic heterocycles. The third kappa shape index (κ3) is 5.42. The van der Waals surface area contributed by atoms with Crippen molar-refractivity contribution in [3.63, 3.8) is 0 Å². The Labute approximate surface area is 393 Å². The highest BCUT2D eigenvalue weighted by molar-refractivity contribution is 6.27. The molecule has 320 valence electrons. The van der Waals surface area contributed by atoms with Crippen LogP contribution in [0, 0.1) is 10.8 Å². The first-order chi connectivity index (χ1) is 32.6. The van der Waals surface area contributed by atoms with Gasteiger partial charge in [-0.25, -0.2) is 0 Å². The van der Waals surface area contributed by atoms with Gasteiger partial charge in [0, 0.05) is 5.41 Å². The number of hydrogen-bond acceptors (Lipinski definition) is 0. The van der Waals surface area contributed by atoms with Gasteiger partial charge in [0.05, 0.1) is 0 Å². The van der Waals surface area contributed by atoms with Crippen LogP contribution in [-0.4, -0.2) is 0 Å². The summed E-state index contributed by atoms with van der Waals surface area (Å²) in [6, 6.07) is 78.1. The molecular weight excluding hydrogens is 805 g/mol. The first kappa shape index (κ1) is 39.8. The van der Waals surface area contributed by atoms with Gasteiger partial charge >= 0.3 is 0 Å². The van der Waals surface area contributed by atoms with Gasteiger partial charge in [0.2, 0.25) is 0 Å². The van der Waals surface area contributed by atoms with Crippen molar-refractivity contribution in [1.82, 2.24) is 0 Å². The zero-order valence-corrected chi connectivity index (χ0v) is 39.1. The molecule has 0 spiro atoms. The largest absolute Gasteiger partial charge is 0.0616 e. The molecule has 0 heteroatoms. The summed E-state index contributed by atoms with van der Waals surface area (Å²) in [5, 5.41) is 18.1. The summed E-state index contributed by atoms with van der Waals surface area (Å²) >= 11 is 0. The van der Waals surface area contributed by atoms with Crippen molar-refractivity contribution in [3.8, 4) is 44.5 Å². The molecule has 0 fully saturated rings. The van der Waals surface area contributed by atoms with E-state index in [1.54, 1.807) is 0 Å². The van der Waals surface area contributed by atoms with Gasteiger partial charge in [-0.2, -0.15) is 0 Å². The first-order valence-electron chi connectivity index (χ1n) is 24.0. The molecule has 12 aromatic rings. The fourth-order valence-electron chi connectivity index (χ4n) is 13.6. The Morgan fingerprint density at radius 2 is 0.657 bits per heavy atom. The van der Waals surface area contributed by atoms with Crippen molar-refractivity contribution in [1.29, 1.82) is 0 Å². The molecule has 12 aromatic carbocycles. The molecule has 0 atom stereocenters. The van der Waals surface area contributed by atoms with E-state index in [4.69, 9.17) is 0 Å². The zero-order chi connectivity index (χ0) is 45.4. The van der Waals surface area contributed by atoms with Crippen LogP contribution in [0.1, 0.15) is 52.7 Å². The van der Waals surface area contributed by atoms with Gasteiger partial charge in [-0.3, -0.25) is 0 Å². The monoisotopic (exact) mass is 856 g/mol. The van der Waals surface area contributed by atoms with Crippen molar-refractivity contribution < 1.29 is 0 Å². The van der Waals surface area contributed by atoms with Crippen LogP contribution >= 0.6 is 0 Å². The zero-order valence-electron chi connectivity index (χ0n) is 39.1. The fourth-order valence-corrected chi connectivity index (χ4v) is 13.6. The average molecular weight is 857 g/mol. The molecule has 0 nitrogen and oxygen atoms in total. The molecule has 0 aliphatic heterocycles. The summed E-state index contributed by atoms with van der Waals surface area (Å²) in [4.78, 5) is 0. The highest BCUT2D eigenvalue weighted by atomic mass is 14.6. The molecule has 0 radical (unpaired) electrons. The van der Waals surface area contributed by atoms with Crippen LogP contribution in [0.15, 0.2) is 206 Å². The Balaban J connectivity index is 1.11. The first-order valence-corrected chi connectivity index (χ1v) is 24.0. The Morgan fingerprint density at radius 1 is 0.269 bits per heavy atom. The van der Waals surface area contributed by atoms with Crippen molar-refractivity contribution in [2.45, 2.75) is 47.0 Å². The topological polar surface area (TPSA) is 0 Å². The van der Waals surface area contributed by atoms with Crippen molar-refractivity contribution >= 4 is 75.4 Å². The second-order valence-electron chi connectivity index (χ2n) is 21.1. The van der Waals surface area contributed by atoms with Gasteiger partial charge in [0.15, 0.2) is 0 Å². The predicted molar refractivity (Wildman–Crippen MR) is 290 cm³/mol. The van der Waals surface area contributed by atoms with E-state index in [1.165, 1.54) is 131 Å². The normalized spacial score (nSPS) is 13.6. The molecule has 0 saturated carbocycles. The van der Waals surface area contributed by atoms with Crippen molar-refractivity contribution in [2.75, 3.05) is 0 Å². The minimum atomic E-state index is -0.333. The van der Waals surface area contributed by atoms with E-state index in [2.05, 4.69) is 248 Å². The average Bonchev–Trinajstić information content (AvgIpc) is 3.69. The maximum Gasteiger partial charge on any atom is 0.0318 e. The molecular formula is C67H52. The van der Waals surface area contributed by atoms with Gasteiger partial charge in [-0.1, -0.05) is 230 Å². The molecule has 0 saturated heterocycles. The summed E-state index contributed by atoms with van der Waals surface area (Å²) < 4.78 is 0. The highest BCUT2D eigenvalue weighted by Gasteiger charge is 2.59. The van der Waals surface area contributed by atoms with Gasteiger partial charge in [0.1, 0.15) is 0 Å². The van der Waals surface area contributed by atoms with E-state index in [1.807, 2.05) is 0 Å². The molecule has 67 heavy (non-hydrogen) atoms. The lowest BCUT2D eigenvalue weighted by molar-refractivity contribution is 0.0965. The maximum absolute atomic E-state index is 2.63. The Hall–Kier alpha value is -7.54. The number of fused-ring (bicyclic) bond motifs is 15. The number of rotatable bonds is 3. The molecule has 0 N–H and O–H groups in total. The summed E-state index contributed by atoms with van der Waals surface area (Å²) in [5.74, 6) is 0. The van der Waals surface area contributed by atoms with E-state index in [0.717, 1.165) is 0 Å². The van der Waals surface area contributed by atoms with Gasteiger partial charge in [-0.05, 0) is 160 Å². The molecule has 1 aliphatic rings. The third-order valence-corrected chi connectivity index (χ3v) is 15.7. The third-order valence-electron chi connectivity index (χ3n) is 15.7. The Bertz CT molecular complexity index is 3980. The van der Waals surface area contributed by atoms with Crippen LogP contribution < -0.4 is 0 Å².